The van der Waals surface area contributed by atoms with Crippen LogP contribution in [0.4, 0.5) is 0 Å². The van der Waals surface area contributed by atoms with Crippen LogP contribution in [0.1, 0.15) is 45.2 Å². The molecule has 112 valence electrons. The fourth-order valence-corrected chi connectivity index (χ4v) is 2.62. The summed E-state index contributed by atoms with van der Waals surface area (Å²) in [5.74, 6) is 1.49. The van der Waals surface area contributed by atoms with Crippen molar-refractivity contribution in [2.45, 2.75) is 47.0 Å². The highest BCUT2D eigenvalue weighted by Crippen LogP contribution is 2.22. The van der Waals surface area contributed by atoms with Crippen LogP contribution in [0.15, 0.2) is 48.5 Å². The highest BCUT2D eigenvalue weighted by molar-refractivity contribution is 5.63. The highest BCUT2D eigenvalue weighted by Gasteiger charge is 2.02. The summed E-state index contributed by atoms with van der Waals surface area (Å²) in [5.41, 5.74) is 5.52. The first kappa shape index (κ1) is 15.8. The Balaban J connectivity index is 2.04. The number of aryl methyl sites for hydroxylation is 1. The van der Waals surface area contributed by atoms with E-state index in [1.165, 1.54) is 35.1 Å². The lowest BCUT2D eigenvalue weighted by atomic mass is 9.97. The monoisotopic (exact) mass is 280 g/mol. The molecule has 0 nitrogen and oxygen atoms in total. The molecule has 0 heteroatoms. The van der Waals surface area contributed by atoms with Crippen molar-refractivity contribution in [3.63, 3.8) is 0 Å². The van der Waals surface area contributed by atoms with Gasteiger partial charge in [0.1, 0.15) is 0 Å². The van der Waals surface area contributed by atoms with Gasteiger partial charge in [-0.2, -0.15) is 0 Å². The molecule has 0 aliphatic heterocycles. The van der Waals surface area contributed by atoms with Crippen molar-refractivity contribution in [3.8, 4) is 11.1 Å². The van der Waals surface area contributed by atoms with Gasteiger partial charge in [-0.3, -0.25) is 0 Å². The zero-order valence-corrected chi connectivity index (χ0v) is 13.9. The van der Waals surface area contributed by atoms with Crippen molar-refractivity contribution in [2.75, 3.05) is 0 Å². The summed E-state index contributed by atoms with van der Waals surface area (Å²) in [4.78, 5) is 0. The minimum atomic E-state index is 0.719. The third kappa shape index (κ3) is 5.04. The van der Waals surface area contributed by atoms with Gasteiger partial charge in [-0.25, -0.2) is 0 Å². The summed E-state index contributed by atoms with van der Waals surface area (Å²) < 4.78 is 0. The molecule has 0 aromatic heterocycles. The molecular weight excluding hydrogens is 252 g/mol. The lowest BCUT2D eigenvalue weighted by molar-refractivity contribution is 0.587. The predicted octanol–water partition coefficient (Wildman–Crippen LogP) is 6.14. The van der Waals surface area contributed by atoms with Crippen LogP contribution in [0.3, 0.4) is 0 Å². The van der Waals surface area contributed by atoms with Gasteiger partial charge in [0.15, 0.2) is 0 Å². The molecule has 0 bridgehead atoms. The van der Waals surface area contributed by atoms with Gasteiger partial charge in [0, 0.05) is 0 Å². The molecule has 0 aliphatic rings. The van der Waals surface area contributed by atoms with E-state index < -0.39 is 0 Å². The van der Waals surface area contributed by atoms with Crippen molar-refractivity contribution < 1.29 is 0 Å². The van der Waals surface area contributed by atoms with Gasteiger partial charge in [0.25, 0.3) is 0 Å². The molecule has 0 aliphatic carbocycles. The molecule has 0 amide bonds. The van der Waals surface area contributed by atoms with Crippen molar-refractivity contribution in [2.24, 2.45) is 11.8 Å². The SMILES string of the molecule is CC(C)CCc1ccc(-c2ccc(CC(C)C)cc2)cc1. The van der Waals surface area contributed by atoms with E-state index in [4.69, 9.17) is 0 Å². The van der Waals surface area contributed by atoms with Gasteiger partial charge in [-0.15, -0.1) is 0 Å². The molecule has 0 atom stereocenters. The Morgan fingerprint density at radius 3 is 1.52 bits per heavy atom. The van der Waals surface area contributed by atoms with E-state index in [-0.39, 0.29) is 0 Å². The first-order chi connectivity index (χ1) is 10.0. The minimum absolute atomic E-state index is 0.719. The molecule has 0 saturated heterocycles. The minimum Gasteiger partial charge on any atom is -0.0628 e. The van der Waals surface area contributed by atoms with Crippen LogP contribution in [0.5, 0.6) is 0 Å². The largest absolute Gasteiger partial charge is 0.0628 e. The van der Waals surface area contributed by atoms with E-state index in [9.17, 15) is 0 Å². The molecular formula is C21H28. The maximum atomic E-state index is 2.28. The van der Waals surface area contributed by atoms with Gasteiger partial charge >= 0.3 is 0 Å². The Kier molecular flexibility index (Phi) is 5.61. The van der Waals surface area contributed by atoms with E-state index in [0.717, 1.165) is 18.3 Å². The standard InChI is InChI=1S/C21H28/c1-16(2)5-6-18-7-11-20(12-8-18)21-13-9-19(10-14-21)15-17(3)4/h7-14,16-17H,5-6,15H2,1-4H3. The van der Waals surface area contributed by atoms with Gasteiger partial charge in [0.2, 0.25) is 0 Å². The zero-order valence-electron chi connectivity index (χ0n) is 13.9. The summed E-state index contributed by atoms with van der Waals surface area (Å²) in [5, 5.41) is 0. The van der Waals surface area contributed by atoms with Gasteiger partial charge in [0.05, 0.1) is 0 Å². The third-order valence-corrected chi connectivity index (χ3v) is 3.90. The van der Waals surface area contributed by atoms with Crippen LogP contribution in [-0.2, 0) is 12.8 Å². The smallest absolute Gasteiger partial charge is 0.0184 e. The Bertz CT molecular complexity index is 529. The lowest BCUT2D eigenvalue weighted by Crippen LogP contribution is -1.93. The summed E-state index contributed by atoms with van der Waals surface area (Å²) in [6, 6.07) is 18.1. The third-order valence-electron chi connectivity index (χ3n) is 3.90. The van der Waals surface area contributed by atoms with E-state index in [2.05, 4.69) is 76.2 Å². The molecule has 21 heavy (non-hydrogen) atoms. The van der Waals surface area contributed by atoms with Crippen LogP contribution in [-0.4, -0.2) is 0 Å². The lowest BCUT2D eigenvalue weighted by Gasteiger charge is -2.08. The van der Waals surface area contributed by atoms with E-state index in [1.807, 2.05) is 0 Å². The molecule has 0 saturated carbocycles. The Hall–Kier alpha value is -1.56. The first-order valence-corrected chi connectivity index (χ1v) is 8.23. The maximum Gasteiger partial charge on any atom is -0.0184 e. The van der Waals surface area contributed by atoms with Crippen LogP contribution < -0.4 is 0 Å². The van der Waals surface area contributed by atoms with Crippen LogP contribution in [0.25, 0.3) is 11.1 Å². The Morgan fingerprint density at radius 2 is 1.10 bits per heavy atom. The Morgan fingerprint density at radius 1 is 0.619 bits per heavy atom. The zero-order chi connectivity index (χ0) is 15.2. The van der Waals surface area contributed by atoms with Crippen molar-refractivity contribution in [1.82, 2.24) is 0 Å². The quantitative estimate of drug-likeness (QED) is 0.596. The molecule has 2 aromatic carbocycles. The number of hydrogen-bond donors (Lipinski definition) is 0. The molecule has 2 rings (SSSR count). The highest BCUT2D eigenvalue weighted by atomic mass is 14.1. The second-order valence-electron chi connectivity index (χ2n) is 6.92. The van der Waals surface area contributed by atoms with Crippen molar-refractivity contribution in [1.29, 1.82) is 0 Å². The normalized spacial score (nSPS) is 11.3. The molecule has 0 fully saturated rings. The van der Waals surface area contributed by atoms with Gasteiger partial charge in [-0.05, 0) is 53.4 Å². The summed E-state index contributed by atoms with van der Waals surface area (Å²) in [6.07, 6.45) is 3.61. The topological polar surface area (TPSA) is 0 Å². The van der Waals surface area contributed by atoms with Crippen molar-refractivity contribution >= 4 is 0 Å². The first-order valence-electron chi connectivity index (χ1n) is 8.23. The number of rotatable bonds is 6. The molecule has 0 unspecified atom stereocenters. The van der Waals surface area contributed by atoms with Crippen LogP contribution in [0, 0.1) is 11.8 Å². The van der Waals surface area contributed by atoms with E-state index >= 15 is 0 Å². The van der Waals surface area contributed by atoms with Gasteiger partial charge in [-0.1, -0.05) is 76.2 Å². The predicted molar refractivity (Wildman–Crippen MR) is 93.6 cm³/mol. The summed E-state index contributed by atoms with van der Waals surface area (Å²) >= 11 is 0. The average Bonchev–Trinajstić information content (AvgIpc) is 2.46. The molecule has 0 radical (unpaired) electrons. The van der Waals surface area contributed by atoms with E-state index in [1.54, 1.807) is 0 Å². The molecule has 0 N–H and O–H groups in total. The molecule has 2 aromatic rings. The van der Waals surface area contributed by atoms with Crippen LogP contribution >= 0.6 is 0 Å². The van der Waals surface area contributed by atoms with Crippen molar-refractivity contribution in [3.05, 3.63) is 59.7 Å². The average molecular weight is 280 g/mol. The molecule has 0 spiro atoms. The second kappa shape index (κ2) is 7.45. The number of benzene rings is 2. The van der Waals surface area contributed by atoms with E-state index in [0.29, 0.717) is 0 Å². The molecule has 0 heterocycles. The fourth-order valence-electron chi connectivity index (χ4n) is 2.62. The number of hydrogen-bond acceptors (Lipinski definition) is 0. The fraction of sp³-hybridized carbons (Fsp3) is 0.429. The maximum absolute atomic E-state index is 2.28. The van der Waals surface area contributed by atoms with Crippen LogP contribution in [0.2, 0.25) is 0 Å². The summed E-state index contributed by atoms with van der Waals surface area (Å²) in [6.45, 7) is 9.10. The Labute approximate surface area is 130 Å². The summed E-state index contributed by atoms with van der Waals surface area (Å²) in [7, 11) is 0. The van der Waals surface area contributed by atoms with Gasteiger partial charge < -0.3 is 0 Å². The second-order valence-corrected chi connectivity index (χ2v) is 6.92.